The Hall–Kier alpha value is -1.19. The van der Waals surface area contributed by atoms with Crippen LogP contribution in [0.15, 0.2) is 30.0 Å². The van der Waals surface area contributed by atoms with Crippen molar-refractivity contribution in [2.24, 2.45) is 0 Å². The zero-order valence-corrected chi connectivity index (χ0v) is 12.5. The summed E-state index contributed by atoms with van der Waals surface area (Å²) in [6, 6.07) is 1.79. The van der Waals surface area contributed by atoms with E-state index in [1.165, 1.54) is 23.1 Å². The second kappa shape index (κ2) is 6.29. The number of nitrogens with zero attached hydrogens (tertiary/aromatic N) is 2. The Bertz CT molecular complexity index is 596. The average Bonchev–Trinajstić information content (AvgIpc) is 3.03. The van der Waals surface area contributed by atoms with Crippen LogP contribution >= 0.6 is 23.1 Å². The molecule has 2 aromatic rings. The highest BCUT2D eigenvalue weighted by atomic mass is 32.2. The number of ether oxygens (including phenoxy) is 1. The highest BCUT2D eigenvalue weighted by molar-refractivity contribution is 7.99. The summed E-state index contributed by atoms with van der Waals surface area (Å²) in [5.74, 6) is 0.797. The van der Waals surface area contributed by atoms with E-state index in [4.69, 9.17) is 4.74 Å². The number of thiazole rings is 1. The van der Waals surface area contributed by atoms with Gasteiger partial charge in [0, 0.05) is 29.1 Å². The highest BCUT2D eigenvalue weighted by Gasteiger charge is 2.38. The number of hydrogen-bond acceptors (Lipinski definition) is 8. The van der Waals surface area contributed by atoms with Gasteiger partial charge in [0.1, 0.15) is 23.0 Å². The first-order valence-corrected chi connectivity index (χ1v) is 8.25. The van der Waals surface area contributed by atoms with Crippen molar-refractivity contribution in [2.75, 3.05) is 5.75 Å². The Balaban J connectivity index is 1.75. The van der Waals surface area contributed by atoms with Crippen LogP contribution in [0, 0.1) is 0 Å². The first-order valence-electron chi connectivity index (χ1n) is 6.32. The maximum Gasteiger partial charge on any atom is 0.173 e. The molecule has 8 heteroatoms. The third-order valence-corrected chi connectivity index (χ3v) is 5.16. The Morgan fingerprint density at radius 2 is 2.05 bits per heavy atom. The van der Waals surface area contributed by atoms with Crippen LogP contribution in [0.25, 0.3) is 10.6 Å². The molecule has 0 spiro atoms. The number of rotatable bonds is 3. The van der Waals surface area contributed by atoms with Gasteiger partial charge in [-0.3, -0.25) is 4.98 Å². The topological polar surface area (TPSA) is 95.7 Å². The van der Waals surface area contributed by atoms with Gasteiger partial charge in [-0.2, -0.15) is 0 Å². The molecule has 2 aromatic heterocycles. The SMILES string of the molecule is O[C@@H]1[C@@H](O)[C@@H](Oc2cncc(-c3nccs3)c2)SC[C@H]1O. The van der Waals surface area contributed by atoms with Gasteiger partial charge in [-0.05, 0) is 6.07 Å². The van der Waals surface area contributed by atoms with Crippen LogP contribution in [0.5, 0.6) is 5.75 Å². The van der Waals surface area contributed by atoms with E-state index in [-0.39, 0.29) is 0 Å². The lowest BCUT2D eigenvalue weighted by Crippen LogP contribution is -2.50. The van der Waals surface area contributed by atoms with Crippen molar-refractivity contribution in [2.45, 2.75) is 23.7 Å². The van der Waals surface area contributed by atoms with Crippen LogP contribution in [-0.2, 0) is 0 Å². The molecule has 3 rings (SSSR count). The van der Waals surface area contributed by atoms with E-state index in [1.54, 1.807) is 24.7 Å². The summed E-state index contributed by atoms with van der Waals surface area (Å²) >= 11 is 2.76. The minimum atomic E-state index is -1.20. The molecule has 0 radical (unpaired) electrons. The highest BCUT2D eigenvalue weighted by Crippen LogP contribution is 2.30. The Morgan fingerprint density at radius 1 is 1.19 bits per heavy atom. The smallest absolute Gasteiger partial charge is 0.173 e. The maximum absolute atomic E-state index is 9.94. The van der Waals surface area contributed by atoms with Crippen molar-refractivity contribution in [1.82, 2.24) is 9.97 Å². The van der Waals surface area contributed by atoms with Gasteiger partial charge in [0.2, 0.25) is 0 Å². The van der Waals surface area contributed by atoms with E-state index < -0.39 is 23.7 Å². The number of aromatic nitrogens is 2. The molecular formula is C13H14N2O4S2. The van der Waals surface area contributed by atoms with Gasteiger partial charge < -0.3 is 20.1 Å². The summed E-state index contributed by atoms with van der Waals surface area (Å²) in [7, 11) is 0. The number of aliphatic hydroxyl groups is 3. The first-order chi connectivity index (χ1) is 10.1. The van der Waals surface area contributed by atoms with Crippen LogP contribution in [0.4, 0.5) is 0 Å². The lowest BCUT2D eigenvalue weighted by molar-refractivity contribution is -0.0786. The first kappa shape index (κ1) is 14.7. The van der Waals surface area contributed by atoms with Crippen molar-refractivity contribution in [3.8, 4) is 16.3 Å². The number of pyridine rings is 1. The number of hydrogen-bond donors (Lipinski definition) is 3. The lowest BCUT2D eigenvalue weighted by atomic mass is 10.1. The van der Waals surface area contributed by atoms with E-state index in [9.17, 15) is 15.3 Å². The van der Waals surface area contributed by atoms with E-state index in [0.29, 0.717) is 11.5 Å². The standard InChI is InChI=1S/C13H14N2O4S2/c16-9-6-21-13(11(18)10(9)17)19-8-3-7(4-14-5-8)12-15-1-2-20-12/h1-5,9-11,13,16-18H,6H2/t9-,10+,11-,13+/m1/s1. The molecule has 0 saturated carbocycles. The second-order valence-corrected chi connectivity index (χ2v) is 6.64. The van der Waals surface area contributed by atoms with E-state index in [2.05, 4.69) is 9.97 Å². The zero-order valence-electron chi connectivity index (χ0n) is 10.9. The average molecular weight is 326 g/mol. The molecule has 1 saturated heterocycles. The van der Waals surface area contributed by atoms with Gasteiger partial charge in [-0.1, -0.05) is 0 Å². The Morgan fingerprint density at radius 3 is 2.81 bits per heavy atom. The summed E-state index contributed by atoms with van der Waals surface area (Å²) in [5.41, 5.74) is 0.190. The van der Waals surface area contributed by atoms with Crippen LogP contribution in [-0.4, -0.2) is 54.8 Å². The molecule has 1 aliphatic heterocycles. The largest absolute Gasteiger partial charge is 0.475 e. The van der Waals surface area contributed by atoms with Crippen LogP contribution in [0.3, 0.4) is 0 Å². The molecule has 21 heavy (non-hydrogen) atoms. The van der Waals surface area contributed by atoms with E-state index in [0.717, 1.165) is 10.6 Å². The third-order valence-electron chi connectivity index (χ3n) is 3.10. The minimum Gasteiger partial charge on any atom is -0.475 e. The maximum atomic E-state index is 9.94. The molecule has 3 heterocycles. The molecule has 1 fully saturated rings. The minimum absolute atomic E-state index is 0.308. The summed E-state index contributed by atoms with van der Waals surface area (Å²) in [6.45, 7) is 0. The fourth-order valence-electron chi connectivity index (χ4n) is 1.98. The van der Waals surface area contributed by atoms with Gasteiger partial charge >= 0.3 is 0 Å². The molecular weight excluding hydrogens is 312 g/mol. The molecule has 0 unspecified atom stereocenters. The van der Waals surface area contributed by atoms with Crippen molar-refractivity contribution in [3.05, 3.63) is 30.0 Å². The third kappa shape index (κ3) is 3.19. The summed E-state index contributed by atoms with van der Waals surface area (Å²) in [5, 5.41) is 31.8. The molecule has 1 aliphatic rings. The summed E-state index contributed by atoms with van der Waals surface area (Å²) in [4.78, 5) is 8.31. The van der Waals surface area contributed by atoms with Crippen LogP contribution in [0.1, 0.15) is 0 Å². The normalized spacial score (nSPS) is 29.3. The van der Waals surface area contributed by atoms with Crippen molar-refractivity contribution in [3.63, 3.8) is 0 Å². The van der Waals surface area contributed by atoms with Gasteiger partial charge in [0.05, 0.1) is 12.3 Å². The molecule has 3 N–H and O–H groups in total. The van der Waals surface area contributed by atoms with Gasteiger partial charge in [-0.15, -0.1) is 23.1 Å². The van der Waals surface area contributed by atoms with Crippen LogP contribution < -0.4 is 4.74 Å². The molecule has 0 bridgehead atoms. The predicted molar refractivity (Wildman–Crippen MR) is 80.2 cm³/mol. The van der Waals surface area contributed by atoms with Gasteiger partial charge in [0.15, 0.2) is 5.44 Å². The lowest BCUT2D eigenvalue weighted by Gasteiger charge is -2.34. The molecule has 4 atom stereocenters. The van der Waals surface area contributed by atoms with Gasteiger partial charge in [-0.25, -0.2) is 4.98 Å². The molecule has 6 nitrogen and oxygen atoms in total. The Kier molecular flexibility index (Phi) is 4.41. The summed E-state index contributed by atoms with van der Waals surface area (Å²) in [6.07, 6.45) is 1.65. The van der Waals surface area contributed by atoms with Crippen molar-refractivity contribution >= 4 is 23.1 Å². The quantitative estimate of drug-likeness (QED) is 0.765. The summed E-state index contributed by atoms with van der Waals surface area (Å²) < 4.78 is 5.68. The van der Waals surface area contributed by atoms with Crippen LogP contribution in [0.2, 0.25) is 0 Å². The fourth-order valence-corrected chi connectivity index (χ4v) is 3.72. The molecule has 0 aromatic carbocycles. The predicted octanol–water partition coefficient (Wildman–Crippen LogP) is 0.739. The molecule has 0 aliphatic carbocycles. The second-order valence-electron chi connectivity index (χ2n) is 4.61. The van der Waals surface area contributed by atoms with Crippen molar-refractivity contribution in [1.29, 1.82) is 0 Å². The van der Waals surface area contributed by atoms with E-state index >= 15 is 0 Å². The number of thioether (sulfide) groups is 1. The molecule has 112 valence electrons. The fraction of sp³-hybridized carbons (Fsp3) is 0.385. The Labute approximate surface area is 129 Å². The monoisotopic (exact) mass is 326 g/mol. The molecule has 0 amide bonds. The van der Waals surface area contributed by atoms with Gasteiger partial charge in [0.25, 0.3) is 0 Å². The van der Waals surface area contributed by atoms with E-state index in [1.807, 2.05) is 5.38 Å². The van der Waals surface area contributed by atoms with Crippen molar-refractivity contribution < 1.29 is 20.1 Å². The number of aliphatic hydroxyl groups excluding tert-OH is 3. The zero-order chi connectivity index (χ0) is 14.8.